The van der Waals surface area contributed by atoms with Crippen LogP contribution in [0.1, 0.15) is 39.4 Å². The number of amides is 2. The van der Waals surface area contributed by atoms with Gasteiger partial charge in [0.1, 0.15) is 6.17 Å². The van der Waals surface area contributed by atoms with Gasteiger partial charge in [0, 0.05) is 35.4 Å². The van der Waals surface area contributed by atoms with E-state index in [1.54, 1.807) is 18.2 Å². The van der Waals surface area contributed by atoms with Crippen LogP contribution in [0.3, 0.4) is 0 Å². The van der Waals surface area contributed by atoms with Gasteiger partial charge in [0.2, 0.25) is 0 Å². The van der Waals surface area contributed by atoms with E-state index in [-0.39, 0.29) is 22.5 Å². The minimum atomic E-state index is -1.06. The molecule has 0 aliphatic carbocycles. The SMILES string of the molecule is CCOc1ccc(C(NC(=O)c2ccc([N+](=O)[O-])cc2)NC(=O)c2ccc([N+](=O)[O-])cc2)cc1OC. The summed E-state index contributed by atoms with van der Waals surface area (Å²) in [6.45, 7) is 2.21. The second-order valence-corrected chi connectivity index (χ2v) is 7.33. The highest BCUT2D eigenvalue weighted by Gasteiger charge is 2.22. The first-order valence-corrected chi connectivity index (χ1v) is 10.6. The van der Waals surface area contributed by atoms with Crippen LogP contribution >= 0.6 is 0 Å². The average molecular weight is 494 g/mol. The molecule has 3 aromatic carbocycles. The highest BCUT2D eigenvalue weighted by molar-refractivity contribution is 5.97. The van der Waals surface area contributed by atoms with Gasteiger partial charge in [-0.2, -0.15) is 0 Å². The lowest BCUT2D eigenvalue weighted by Gasteiger charge is -2.22. The maximum absolute atomic E-state index is 12.9. The molecule has 0 unspecified atom stereocenters. The van der Waals surface area contributed by atoms with Gasteiger partial charge in [-0.15, -0.1) is 0 Å². The number of hydrogen-bond acceptors (Lipinski definition) is 8. The van der Waals surface area contributed by atoms with Gasteiger partial charge in [0.05, 0.1) is 23.6 Å². The van der Waals surface area contributed by atoms with Crippen molar-refractivity contribution in [2.45, 2.75) is 13.1 Å². The van der Waals surface area contributed by atoms with Gasteiger partial charge in [-0.05, 0) is 48.9 Å². The molecule has 0 atom stereocenters. The molecule has 0 radical (unpaired) electrons. The molecule has 0 aliphatic heterocycles. The number of hydrogen-bond donors (Lipinski definition) is 2. The number of carbonyl (C=O) groups excluding carboxylic acids is 2. The molecule has 12 nitrogen and oxygen atoms in total. The fourth-order valence-corrected chi connectivity index (χ4v) is 3.24. The summed E-state index contributed by atoms with van der Waals surface area (Å²) in [6, 6.07) is 14.8. The standard InChI is InChI=1S/C24H22N4O8/c1-3-36-20-13-8-17(14-21(20)35-2)22(25-23(29)15-4-9-18(10-5-15)27(31)32)26-24(30)16-6-11-19(12-7-16)28(33)34/h4-14,22H,3H2,1-2H3,(H,25,29)(H,26,30). The lowest BCUT2D eigenvalue weighted by Crippen LogP contribution is -2.41. The second-order valence-electron chi connectivity index (χ2n) is 7.33. The predicted molar refractivity (Wildman–Crippen MR) is 128 cm³/mol. The first-order chi connectivity index (χ1) is 17.2. The summed E-state index contributed by atoms with van der Waals surface area (Å²) in [4.78, 5) is 46.4. The smallest absolute Gasteiger partial charge is 0.269 e. The zero-order valence-corrected chi connectivity index (χ0v) is 19.3. The Balaban J connectivity index is 1.91. The molecule has 0 fully saturated rings. The minimum absolute atomic E-state index is 0.132. The molecule has 0 saturated heterocycles. The number of benzene rings is 3. The Hall–Kier alpha value is -5.00. The molecule has 0 spiro atoms. The van der Waals surface area contributed by atoms with Crippen LogP contribution in [0.2, 0.25) is 0 Å². The molecule has 0 aromatic heterocycles. The Morgan fingerprint density at radius 3 is 1.67 bits per heavy atom. The summed E-state index contributed by atoms with van der Waals surface area (Å²) < 4.78 is 10.9. The van der Waals surface area contributed by atoms with E-state index < -0.39 is 27.8 Å². The van der Waals surface area contributed by atoms with Gasteiger partial charge in [0.25, 0.3) is 23.2 Å². The Labute approximate surface area is 205 Å². The molecule has 0 aliphatic rings. The monoisotopic (exact) mass is 494 g/mol. The Bertz CT molecular complexity index is 1200. The molecule has 0 saturated carbocycles. The average Bonchev–Trinajstić information content (AvgIpc) is 2.88. The molecule has 3 rings (SSSR count). The van der Waals surface area contributed by atoms with Gasteiger partial charge < -0.3 is 20.1 Å². The van der Waals surface area contributed by atoms with E-state index in [1.807, 2.05) is 6.92 Å². The van der Waals surface area contributed by atoms with E-state index in [0.29, 0.717) is 23.7 Å². The van der Waals surface area contributed by atoms with Gasteiger partial charge in [-0.1, -0.05) is 6.07 Å². The van der Waals surface area contributed by atoms with Crippen molar-refractivity contribution in [3.63, 3.8) is 0 Å². The third-order valence-electron chi connectivity index (χ3n) is 5.05. The van der Waals surface area contributed by atoms with Gasteiger partial charge in [-0.25, -0.2) is 0 Å². The van der Waals surface area contributed by atoms with Crippen LogP contribution in [-0.2, 0) is 0 Å². The molecule has 0 bridgehead atoms. The molecular weight excluding hydrogens is 472 g/mol. The molecule has 186 valence electrons. The van der Waals surface area contributed by atoms with Crippen molar-refractivity contribution in [2.24, 2.45) is 0 Å². The minimum Gasteiger partial charge on any atom is -0.493 e. The highest BCUT2D eigenvalue weighted by atomic mass is 16.6. The highest BCUT2D eigenvalue weighted by Crippen LogP contribution is 2.30. The Morgan fingerprint density at radius 1 is 0.806 bits per heavy atom. The van der Waals surface area contributed by atoms with E-state index >= 15 is 0 Å². The Morgan fingerprint density at radius 2 is 1.28 bits per heavy atom. The third kappa shape index (κ3) is 6.11. The summed E-state index contributed by atoms with van der Waals surface area (Å²) in [5, 5.41) is 27.2. The number of ether oxygens (including phenoxy) is 2. The fourth-order valence-electron chi connectivity index (χ4n) is 3.24. The molecule has 12 heteroatoms. The van der Waals surface area contributed by atoms with E-state index in [4.69, 9.17) is 9.47 Å². The van der Waals surface area contributed by atoms with Crippen molar-refractivity contribution in [3.05, 3.63) is 104 Å². The van der Waals surface area contributed by atoms with Crippen molar-refractivity contribution in [1.82, 2.24) is 10.6 Å². The predicted octanol–water partition coefficient (Wildman–Crippen LogP) is 3.77. The van der Waals surface area contributed by atoms with Crippen LogP contribution < -0.4 is 20.1 Å². The third-order valence-corrected chi connectivity index (χ3v) is 5.05. The van der Waals surface area contributed by atoms with E-state index in [2.05, 4.69) is 10.6 Å². The van der Waals surface area contributed by atoms with E-state index in [9.17, 15) is 29.8 Å². The Kier molecular flexibility index (Phi) is 8.13. The van der Waals surface area contributed by atoms with E-state index in [0.717, 1.165) is 0 Å². The summed E-state index contributed by atoms with van der Waals surface area (Å²) in [7, 11) is 1.45. The number of rotatable bonds is 10. The summed E-state index contributed by atoms with van der Waals surface area (Å²) in [5.74, 6) is -0.377. The van der Waals surface area contributed by atoms with Crippen LogP contribution in [0, 0.1) is 20.2 Å². The van der Waals surface area contributed by atoms with Crippen LogP contribution in [0.15, 0.2) is 66.7 Å². The van der Waals surface area contributed by atoms with Crippen molar-refractivity contribution in [2.75, 3.05) is 13.7 Å². The van der Waals surface area contributed by atoms with Crippen LogP contribution in [0.4, 0.5) is 11.4 Å². The normalized spacial score (nSPS) is 10.4. The zero-order valence-electron chi connectivity index (χ0n) is 19.3. The number of nitrogens with zero attached hydrogens (tertiary/aromatic N) is 2. The van der Waals surface area contributed by atoms with Gasteiger partial charge >= 0.3 is 0 Å². The lowest BCUT2D eigenvalue weighted by atomic mass is 10.1. The van der Waals surface area contributed by atoms with Crippen molar-refractivity contribution >= 4 is 23.2 Å². The number of nitro benzene ring substituents is 2. The summed E-state index contributed by atoms with van der Waals surface area (Å²) in [6.07, 6.45) is -1.06. The zero-order chi connectivity index (χ0) is 26.2. The largest absolute Gasteiger partial charge is 0.493 e. The topological polar surface area (TPSA) is 163 Å². The summed E-state index contributed by atoms with van der Waals surface area (Å²) >= 11 is 0. The van der Waals surface area contributed by atoms with Gasteiger partial charge in [0.15, 0.2) is 11.5 Å². The molecule has 2 amide bonds. The van der Waals surface area contributed by atoms with Gasteiger partial charge in [-0.3, -0.25) is 29.8 Å². The molecule has 3 aromatic rings. The molecule has 0 heterocycles. The van der Waals surface area contributed by atoms with Crippen LogP contribution in [0.5, 0.6) is 11.5 Å². The number of nitrogens with one attached hydrogen (secondary N) is 2. The quantitative estimate of drug-likeness (QED) is 0.244. The molecule has 2 N–H and O–H groups in total. The number of nitro groups is 2. The number of methoxy groups -OCH3 is 1. The molecular formula is C24H22N4O8. The fraction of sp³-hybridized carbons (Fsp3) is 0.167. The lowest BCUT2D eigenvalue weighted by molar-refractivity contribution is -0.385. The first kappa shape index (κ1) is 25.6. The maximum Gasteiger partial charge on any atom is 0.269 e. The number of carbonyl (C=O) groups is 2. The van der Waals surface area contributed by atoms with Crippen molar-refractivity contribution < 1.29 is 28.9 Å². The maximum atomic E-state index is 12.9. The second kappa shape index (κ2) is 11.4. The number of non-ortho nitro benzene ring substituents is 2. The van der Waals surface area contributed by atoms with E-state index in [1.165, 1.54) is 55.6 Å². The van der Waals surface area contributed by atoms with Crippen LogP contribution in [0.25, 0.3) is 0 Å². The van der Waals surface area contributed by atoms with Crippen LogP contribution in [-0.4, -0.2) is 35.4 Å². The van der Waals surface area contributed by atoms with Crippen molar-refractivity contribution in [1.29, 1.82) is 0 Å². The summed E-state index contributed by atoms with van der Waals surface area (Å²) in [5.41, 5.74) is 0.360. The molecule has 36 heavy (non-hydrogen) atoms. The first-order valence-electron chi connectivity index (χ1n) is 10.6. The van der Waals surface area contributed by atoms with Crippen molar-refractivity contribution in [3.8, 4) is 11.5 Å².